The van der Waals surface area contributed by atoms with Crippen LogP contribution in [-0.4, -0.2) is 26.4 Å². The lowest BCUT2D eigenvalue weighted by atomic mass is 10.1. The zero-order valence-electron chi connectivity index (χ0n) is 8.45. The largest absolute Gasteiger partial charge is 0.385 e. The van der Waals surface area contributed by atoms with E-state index in [2.05, 4.69) is 25.2 Å². The van der Waals surface area contributed by atoms with Crippen molar-refractivity contribution in [3.63, 3.8) is 0 Å². The molecule has 0 aliphatic heterocycles. The Labute approximate surface area is 80.2 Å². The summed E-state index contributed by atoms with van der Waals surface area (Å²) >= 11 is 0. The molecule has 0 fully saturated rings. The predicted octanol–water partition coefficient (Wildman–Crippen LogP) is 2.31. The SMILES string of the molecule is COCCCOC1C=CC(C)=CC1. The molecule has 0 radical (unpaired) electrons. The zero-order chi connectivity index (χ0) is 9.52. The van der Waals surface area contributed by atoms with Gasteiger partial charge in [-0.05, 0) is 19.8 Å². The van der Waals surface area contributed by atoms with Crippen LogP contribution in [0.1, 0.15) is 19.8 Å². The van der Waals surface area contributed by atoms with Crippen LogP contribution in [0.5, 0.6) is 0 Å². The zero-order valence-corrected chi connectivity index (χ0v) is 8.45. The van der Waals surface area contributed by atoms with Gasteiger partial charge < -0.3 is 9.47 Å². The van der Waals surface area contributed by atoms with Gasteiger partial charge in [0.25, 0.3) is 0 Å². The van der Waals surface area contributed by atoms with E-state index in [4.69, 9.17) is 9.47 Å². The van der Waals surface area contributed by atoms with Gasteiger partial charge in [-0.15, -0.1) is 0 Å². The maximum atomic E-state index is 5.62. The lowest BCUT2D eigenvalue weighted by Crippen LogP contribution is -2.12. The Hall–Kier alpha value is -0.600. The van der Waals surface area contributed by atoms with Crippen LogP contribution in [0, 0.1) is 0 Å². The smallest absolute Gasteiger partial charge is 0.0793 e. The van der Waals surface area contributed by atoms with Crippen LogP contribution in [0.3, 0.4) is 0 Å². The molecule has 0 heterocycles. The summed E-state index contributed by atoms with van der Waals surface area (Å²) < 4.78 is 10.6. The molecule has 74 valence electrons. The van der Waals surface area contributed by atoms with E-state index in [0.717, 1.165) is 26.1 Å². The molecule has 2 heteroatoms. The Kier molecular flexibility index (Phi) is 4.79. The van der Waals surface area contributed by atoms with E-state index in [0.29, 0.717) is 0 Å². The van der Waals surface area contributed by atoms with Crippen molar-refractivity contribution in [2.45, 2.75) is 25.9 Å². The second-order valence-electron chi connectivity index (χ2n) is 3.30. The summed E-state index contributed by atoms with van der Waals surface area (Å²) in [6, 6.07) is 0. The topological polar surface area (TPSA) is 18.5 Å². The lowest BCUT2D eigenvalue weighted by molar-refractivity contribution is 0.0670. The summed E-state index contributed by atoms with van der Waals surface area (Å²) in [4.78, 5) is 0. The minimum atomic E-state index is 0.278. The summed E-state index contributed by atoms with van der Waals surface area (Å²) in [5.41, 5.74) is 1.33. The molecule has 1 aliphatic rings. The van der Waals surface area contributed by atoms with Gasteiger partial charge in [-0.25, -0.2) is 0 Å². The highest BCUT2D eigenvalue weighted by Gasteiger charge is 2.06. The second kappa shape index (κ2) is 5.95. The van der Waals surface area contributed by atoms with Gasteiger partial charge in [0.2, 0.25) is 0 Å². The Balaban J connectivity index is 2.07. The van der Waals surface area contributed by atoms with Crippen LogP contribution in [0.2, 0.25) is 0 Å². The van der Waals surface area contributed by atoms with Crippen molar-refractivity contribution in [1.29, 1.82) is 0 Å². The summed E-state index contributed by atoms with van der Waals surface area (Å²) in [5, 5.41) is 0. The minimum absolute atomic E-state index is 0.278. The average Bonchev–Trinajstić information content (AvgIpc) is 2.15. The molecule has 0 spiro atoms. The molecule has 0 amide bonds. The number of hydrogen-bond donors (Lipinski definition) is 0. The van der Waals surface area contributed by atoms with Gasteiger partial charge in [-0.3, -0.25) is 0 Å². The van der Waals surface area contributed by atoms with E-state index in [1.165, 1.54) is 5.57 Å². The number of rotatable bonds is 5. The molecule has 0 N–H and O–H groups in total. The molecular weight excluding hydrogens is 164 g/mol. The summed E-state index contributed by atoms with van der Waals surface area (Å²) in [6.45, 7) is 3.68. The molecule has 1 atom stereocenters. The Morgan fingerprint density at radius 2 is 2.31 bits per heavy atom. The van der Waals surface area contributed by atoms with E-state index in [-0.39, 0.29) is 6.10 Å². The van der Waals surface area contributed by atoms with Crippen LogP contribution in [0.25, 0.3) is 0 Å². The van der Waals surface area contributed by atoms with Crippen LogP contribution < -0.4 is 0 Å². The monoisotopic (exact) mass is 182 g/mol. The normalized spacial score (nSPS) is 21.7. The van der Waals surface area contributed by atoms with Crippen molar-refractivity contribution in [3.05, 3.63) is 23.8 Å². The molecule has 1 rings (SSSR count). The van der Waals surface area contributed by atoms with Crippen molar-refractivity contribution in [2.75, 3.05) is 20.3 Å². The first-order chi connectivity index (χ1) is 6.33. The van der Waals surface area contributed by atoms with Crippen LogP contribution in [-0.2, 0) is 9.47 Å². The van der Waals surface area contributed by atoms with Gasteiger partial charge >= 0.3 is 0 Å². The maximum absolute atomic E-state index is 5.62. The summed E-state index contributed by atoms with van der Waals surface area (Å²) in [7, 11) is 1.71. The molecule has 0 aromatic heterocycles. The predicted molar refractivity (Wildman–Crippen MR) is 53.7 cm³/mol. The lowest BCUT2D eigenvalue weighted by Gasteiger charge is -2.15. The fraction of sp³-hybridized carbons (Fsp3) is 0.636. The third-order valence-electron chi connectivity index (χ3n) is 2.07. The van der Waals surface area contributed by atoms with Gasteiger partial charge in [0, 0.05) is 20.3 Å². The van der Waals surface area contributed by atoms with Crippen molar-refractivity contribution in [3.8, 4) is 0 Å². The van der Waals surface area contributed by atoms with Crippen molar-refractivity contribution in [2.24, 2.45) is 0 Å². The van der Waals surface area contributed by atoms with Gasteiger partial charge in [-0.2, -0.15) is 0 Å². The van der Waals surface area contributed by atoms with Crippen LogP contribution in [0.15, 0.2) is 23.8 Å². The first-order valence-electron chi connectivity index (χ1n) is 4.78. The number of hydrogen-bond acceptors (Lipinski definition) is 2. The molecule has 0 aromatic carbocycles. The molecule has 0 saturated carbocycles. The van der Waals surface area contributed by atoms with E-state index in [1.54, 1.807) is 7.11 Å². The van der Waals surface area contributed by atoms with E-state index in [1.807, 2.05) is 0 Å². The molecule has 0 aromatic rings. The van der Waals surface area contributed by atoms with Gasteiger partial charge in [0.15, 0.2) is 0 Å². The van der Waals surface area contributed by atoms with Crippen molar-refractivity contribution in [1.82, 2.24) is 0 Å². The standard InChI is InChI=1S/C11H18O2/c1-10-4-6-11(7-5-10)13-9-3-8-12-2/h4-6,11H,3,7-9H2,1-2H3. The van der Waals surface area contributed by atoms with Crippen LogP contribution >= 0.6 is 0 Å². The van der Waals surface area contributed by atoms with E-state index in [9.17, 15) is 0 Å². The summed E-state index contributed by atoms with van der Waals surface area (Å²) in [5.74, 6) is 0. The van der Waals surface area contributed by atoms with Crippen molar-refractivity contribution >= 4 is 0 Å². The number of ether oxygens (including phenoxy) is 2. The molecule has 13 heavy (non-hydrogen) atoms. The third kappa shape index (κ3) is 4.25. The van der Waals surface area contributed by atoms with Crippen molar-refractivity contribution < 1.29 is 9.47 Å². The van der Waals surface area contributed by atoms with Gasteiger partial charge in [-0.1, -0.05) is 23.8 Å². The third-order valence-corrected chi connectivity index (χ3v) is 2.07. The number of methoxy groups -OCH3 is 1. The Bertz CT molecular complexity index is 194. The highest BCUT2D eigenvalue weighted by molar-refractivity contribution is 5.21. The fourth-order valence-electron chi connectivity index (χ4n) is 1.27. The van der Waals surface area contributed by atoms with E-state index >= 15 is 0 Å². The van der Waals surface area contributed by atoms with Gasteiger partial charge in [0.1, 0.15) is 0 Å². The minimum Gasteiger partial charge on any atom is -0.385 e. The molecule has 0 saturated heterocycles. The molecular formula is C11H18O2. The molecule has 0 bridgehead atoms. The fourth-order valence-corrected chi connectivity index (χ4v) is 1.27. The summed E-state index contributed by atoms with van der Waals surface area (Å²) in [6.07, 6.45) is 8.72. The molecule has 1 aliphatic carbocycles. The Morgan fingerprint density at radius 3 is 2.92 bits per heavy atom. The first kappa shape index (κ1) is 10.5. The highest BCUT2D eigenvalue weighted by Crippen LogP contribution is 2.12. The first-order valence-corrected chi connectivity index (χ1v) is 4.78. The highest BCUT2D eigenvalue weighted by atomic mass is 16.5. The Morgan fingerprint density at radius 1 is 1.46 bits per heavy atom. The van der Waals surface area contributed by atoms with E-state index < -0.39 is 0 Å². The average molecular weight is 182 g/mol. The quantitative estimate of drug-likeness (QED) is 0.607. The second-order valence-corrected chi connectivity index (χ2v) is 3.30. The van der Waals surface area contributed by atoms with Gasteiger partial charge in [0.05, 0.1) is 6.10 Å². The molecule has 1 unspecified atom stereocenters. The number of allylic oxidation sites excluding steroid dienone is 2. The maximum Gasteiger partial charge on any atom is 0.0793 e. The van der Waals surface area contributed by atoms with Crippen LogP contribution in [0.4, 0.5) is 0 Å². The molecule has 2 nitrogen and oxygen atoms in total.